The molecule has 1 atom stereocenters. The molecule has 4 nitrogen and oxygen atoms in total. The molecule has 0 saturated carbocycles. The van der Waals surface area contributed by atoms with Crippen LogP contribution in [0.25, 0.3) is 0 Å². The highest BCUT2D eigenvalue weighted by atomic mass is 19.1. The molecule has 0 aliphatic carbocycles. The molecule has 24 heavy (non-hydrogen) atoms. The molecule has 0 spiro atoms. The number of rotatable bonds is 5. The first-order valence-corrected chi connectivity index (χ1v) is 8.00. The number of benzene rings is 2. The molecular weight excluding hydrogens is 309 g/mol. The van der Waals surface area contributed by atoms with Crippen LogP contribution in [0.2, 0.25) is 0 Å². The van der Waals surface area contributed by atoms with Crippen molar-refractivity contribution in [3.63, 3.8) is 0 Å². The molecule has 1 aliphatic rings. The highest BCUT2D eigenvalue weighted by Gasteiger charge is 2.23. The van der Waals surface area contributed by atoms with E-state index in [-0.39, 0.29) is 11.9 Å². The minimum absolute atomic E-state index is 0.0168. The molecule has 1 aliphatic heterocycles. The van der Waals surface area contributed by atoms with E-state index in [9.17, 15) is 4.39 Å². The van der Waals surface area contributed by atoms with E-state index < -0.39 is 0 Å². The van der Waals surface area contributed by atoms with Crippen molar-refractivity contribution in [3.05, 3.63) is 59.4 Å². The zero-order chi connectivity index (χ0) is 16.9. The maximum Gasteiger partial charge on any atom is 0.163 e. The monoisotopic (exact) mass is 331 g/mol. The number of nitrogens with zero attached hydrogens (tertiary/aromatic N) is 1. The first-order chi connectivity index (χ1) is 11.7. The fraction of sp³-hybridized carbons (Fsp3) is 0.368. The minimum Gasteiger partial charge on any atom is -0.493 e. The second-order valence-electron chi connectivity index (χ2n) is 5.80. The Morgan fingerprint density at radius 3 is 2.54 bits per heavy atom. The first-order valence-electron chi connectivity index (χ1n) is 8.00. The summed E-state index contributed by atoms with van der Waals surface area (Å²) in [5.41, 5.74) is 1.75. The molecular formula is C19H22FNO3. The Labute approximate surface area is 141 Å². The average molecular weight is 331 g/mol. The number of hydrogen-bond acceptors (Lipinski definition) is 4. The van der Waals surface area contributed by atoms with Crippen molar-refractivity contribution in [2.45, 2.75) is 12.6 Å². The van der Waals surface area contributed by atoms with Crippen LogP contribution in [-0.2, 0) is 11.3 Å². The molecule has 2 aromatic carbocycles. The number of halogens is 1. The van der Waals surface area contributed by atoms with E-state index in [1.54, 1.807) is 13.2 Å². The Morgan fingerprint density at radius 2 is 1.83 bits per heavy atom. The van der Waals surface area contributed by atoms with Crippen molar-refractivity contribution >= 4 is 0 Å². The van der Waals surface area contributed by atoms with Gasteiger partial charge in [0.2, 0.25) is 0 Å². The van der Waals surface area contributed by atoms with E-state index >= 15 is 0 Å². The van der Waals surface area contributed by atoms with E-state index in [1.807, 2.05) is 18.2 Å². The number of ether oxygens (including phenoxy) is 3. The highest BCUT2D eigenvalue weighted by Crippen LogP contribution is 2.31. The molecule has 0 bridgehead atoms. The summed E-state index contributed by atoms with van der Waals surface area (Å²) < 4.78 is 30.6. The van der Waals surface area contributed by atoms with Gasteiger partial charge in [0, 0.05) is 31.3 Å². The zero-order valence-corrected chi connectivity index (χ0v) is 14.0. The number of morpholine rings is 1. The van der Waals surface area contributed by atoms with Crippen molar-refractivity contribution < 1.29 is 18.6 Å². The van der Waals surface area contributed by atoms with E-state index in [2.05, 4.69) is 17.0 Å². The summed E-state index contributed by atoms with van der Waals surface area (Å²) in [5, 5.41) is 0. The van der Waals surface area contributed by atoms with Gasteiger partial charge in [-0.05, 0) is 11.6 Å². The Balaban J connectivity index is 1.74. The molecule has 0 amide bonds. The first kappa shape index (κ1) is 16.7. The van der Waals surface area contributed by atoms with Crippen molar-refractivity contribution in [2.75, 3.05) is 33.9 Å². The van der Waals surface area contributed by atoms with Crippen LogP contribution in [-0.4, -0.2) is 38.8 Å². The fourth-order valence-electron chi connectivity index (χ4n) is 2.97. The van der Waals surface area contributed by atoms with Gasteiger partial charge in [-0.1, -0.05) is 30.3 Å². The van der Waals surface area contributed by atoms with Gasteiger partial charge in [-0.3, -0.25) is 4.90 Å². The molecule has 1 heterocycles. The number of methoxy groups -OCH3 is 2. The second kappa shape index (κ2) is 7.64. The van der Waals surface area contributed by atoms with E-state index in [1.165, 1.54) is 13.2 Å². The van der Waals surface area contributed by atoms with E-state index in [0.717, 1.165) is 18.7 Å². The van der Waals surface area contributed by atoms with Crippen molar-refractivity contribution in [1.29, 1.82) is 0 Å². The molecule has 5 heteroatoms. The molecule has 0 aromatic heterocycles. The van der Waals surface area contributed by atoms with Gasteiger partial charge in [0.15, 0.2) is 11.5 Å². The van der Waals surface area contributed by atoms with Crippen LogP contribution in [0, 0.1) is 5.82 Å². The van der Waals surface area contributed by atoms with Crippen LogP contribution in [0.5, 0.6) is 11.5 Å². The maximum absolute atomic E-state index is 14.3. The Bertz CT molecular complexity index is 678. The average Bonchev–Trinajstić information content (AvgIpc) is 2.64. The van der Waals surface area contributed by atoms with Gasteiger partial charge >= 0.3 is 0 Å². The smallest absolute Gasteiger partial charge is 0.163 e. The third-order valence-electron chi connectivity index (χ3n) is 4.27. The second-order valence-corrected chi connectivity index (χ2v) is 5.80. The number of hydrogen-bond donors (Lipinski definition) is 0. The minimum atomic E-state index is -0.282. The summed E-state index contributed by atoms with van der Waals surface area (Å²) in [5.74, 6) is 0.667. The quantitative estimate of drug-likeness (QED) is 0.840. The highest BCUT2D eigenvalue weighted by molar-refractivity contribution is 5.43. The van der Waals surface area contributed by atoms with Crippen LogP contribution in [0.1, 0.15) is 17.2 Å². The molecule has 0 N–H and O–H groups in total. The lowest BCUT2D eigenvalue weighted by molar-refractivity contribution is -0.0332. The normalized spacial score (nSPS) is 18.4. The lowest BCUT2D eigenvalue weighted by atomic mass is 10.1. The summed E-state index contributed by atoms with van der Waals surface area (Å²) in [6, 6.07) is 13.2. The summed E-state index contributed by atoms with van der Waals surface area (Å²) in [6.07, 6.45) is 0.0168. The predicted octanol–water partition coefficient (Wildman–Crippen LogP) is 3.42. The van der Waals surface area contributed by atoms with Crippen molar-refractivity contribution in [3.8, 4) is 11.5 Å². The zero-order valence-electron chi connectivity index (χ0n) is 14.0. The largest absolute Gasteiger partial charge is 0.493 e. The van der Waals surface area contributed by atoms with Gasteiger partial charge in [-0.2, -0.15) is 0 Å². The lowest BCUT2D eigenvalue weighted by Gasteiger charge is -2.33. The van der Waals surface area contributed by atoms with Crippen molar-refractivity contribution in [2.24, 2.45) is 0 Å². The van der Waals surface area contributed by atoms with Crippen LogP contribution in [0.15, 0.2) is 42.5 Å². The standard InChI is InChI=1S/C19H22FNO3/c1-22-17-10-15(16(20)11-18(17)23-2)12-21-8-9-24-19(13-21)14-6-4-3-5-7-14/h3-7,10-11,19H,8-9,12-13H2,1-2H3/t19-/m0/s1. The molecule has 1 saturated heterocycles. The summed E-state index contributed by atoms with van der Waals surface area (Å²) in [4.78, 5) is 2.20. The van der Waals surface area contributed by atoms with Gasteiger partial charge in [-0.15, -0.1) is 0 Å². The molecule has 1 fully saturated rings. The summed E-state index contributed by atoms with van der Waals surface area (Å²) >= 11 is 0. The SMILES string of the molecule is COc1cc(F)c(CN2CCO[C@H](c3ccccc3)C2)cc1OC. The van der Waals surface area contributed by atoms with Gasteiger partial charge in [0.05, 0.1) is 26.9 Å². The predicted molar refractivity (Wildman–Crippen MR) is 89.9 cm³/mol. The third kappa shape index (κ3) is 3.68. The van der Waals surface area contributed by atoms with E-state index in [0.29, 0.717) is 30.2 Å². The van der Waals surface area contributed by atoms with Crippen LogP contribution < -0.4 is 9.47 Å². The Hall–Kier alpha value is -2.11. The third-order valence-corrected chi connectivity index (χ3v) is 4.27. The Kier molecular flexibility index (Phi) is 5.33. The van der Waals surface area contributed by atoms with Gasteiger partial charge in [0.1, 0.15) is 5.82 Å². The van der Waals surface area contributed by atoms with Crippen molar-refractivity contribution in [1.82, 2.24) is 4.90 Å². The van der Waals surface area contributed by atoms with Gasteiger partial charge < -0.3 is 14.2 Å². The Morgan fingerprint density at radius 1 is 1.12 bits per heavy atom. The van der Waals surface area contributed by atoms with Gasteiger partial charge in [0.25, 0.3) is 0 Å². The molecule has 0 radical (unpaired) electrons. The maximum atomic E-state index is 14.3. The molecule has 2 aromatic rings. The van der Waals surface area contributed by atoms with Crippen LogP contribution in [0.3, 0.4) is 0 Å². The van der Waals surface area contributed by atoms with Gasteiger partial charge in [-0.25, -0.2) is 4.39 Å². The van der Waals surface area contributed by atoms with E-state index in [4.69, 9.17) is 14.2 Å². The lowest BCUT2D eigenvalue weighted by Crippen LogP contribution is -2.38. The molecule has 3 rings (SSSR count). The molecule has 0 unspecified atom stereocenters. The van der Waals surface area contributed by atoms with Crippen LogP contribution >= 0.6 is 0 Å². The summed E-state index contributed by atoms with van der Waals surface area (Å²) in [7, 11) is 3.06. The molecule has 128 valence electrons. The summed E-state index contributed by atoms with van der Waals surface area (Å²) in [6.45, 7) is 2.66. The topological polar surface area (TPSA) is 30.9 Å². The van der Waals surface area contributed by atoms with Crippen LogP contribution in [0.4, 0.5) is 4.39 Å². The fourth-order valence-corrected chi connectivity index (χ4v) is 2.97.